The van der Waals surface area contributed by atoms with Crippen molar-refractivity contribution in [3.63, 3.8) is 0 Å². The van der Waals surface area contributed by atoms with Crippen LogP contribution in [0.4, 0.5) is 11.8 Å². The molecule has 0 aliphatic carbocycles. The molecule has 6 rings (SSSR count). The van der Waals surface area contributed by atoms with Crippen LogP contribution < -0.4 is 10.2 Å². The lowest BCUT2D eigenvalue weighted by Crippen LogP contribution is -2.34. The molecule has 11 nitrogen and oxygen atoms in total. The molecular weight excluding hydrogens is 512 g/mol. The standard InChI is InChI=1S/C29H34N6O5/c36-15-20-12-7-13-34(20)29-32-26(30-14-21(18-8-3-1-4-9-18)19-10-5-2-6-11-19)23-27(33-29)35(17-31-23)28-25(39)24(38)22(16-37)40-28/h1-6,8-11,17,20-22,24-25,28,36-39H,7,12-16H2,(H,30,32,33)/t20-,22-,24-,25-,28-/m1/s1. The van der Waals surface area contributed by atoms with Gasteiger partial charge in [0.05, 0.1) is 25.6 Å². The van der Waals surface area contributed by atoms with Gasteiger partial charge in [0.15, 0.2) is 23.2 Å². The Labute approximate surface area is 231 Å². The van der Waals surface area contributed by atoms with Crippen molar-refractivity contribution in [1.82, 2.24) is 19.5 Å². The maximum absolute atomic E-state index is 10.7. The van der Waals surface area contributed by atoms with E-state index in [1.807, 2.05) is 41.3 Å². The van der Waals surface area contributed by atoms with Crippen LogP contribution in [0.2, 0.25) is 0 Å². The van der Waals surface area contributed by atoms with Gasteiger partial charge in [-0.1, -0.05) is 60.7 Å². The van der Waals surface area contributed by atoms with Gasteiger partial charge >= 0.3 is 0 Å². The van der Waals surface area contributed by atoms with E-state index in [1.54, 1.807) is 4.57 Å². The van der Waals surface area contributed by atoms with E-state index >= 15 is 0 Å². The molecular formula is C29H34N6O5. The van der Waals surface area contributed by atoms with Crippen molar-refractivity contribution in [2.75, 3.05) is 36.5 Å². The molecule has 210 valence electrons. The quantitative estimate of drug-likeness (QED) is 0.210. The highest BCUT2D eigenvalue weighted by Crippen LogP contribution is 2.34. The number of hydrogen-bond donors (Lipinski definition) is 5. The number of nitrogens with one attached hydrogen (secondary N) is 1. The molecule has 5 atom stereocenters. The van der Waals surface area contributed by atoms with Gasteiger partial charge < -0.3 is 35.4 Å². The van der Waals surface area contributed by atoms with E-state index in [0.717, 1.165) is 24.0 Å². The lowest BCUT2D eigenvalue weighted by atomic mass is 9.91. The van der Waals surface area contributed by atoms with E-state index in [1.165, 1.54) is 6.33 Å². The second-order valence-corrected chi connectivity index (χ2v) is 10.4. The van der Waals surface area contributed by atoms with Crippen molar-refractivity contribution >= 4 is 22.9 Å². The SMILES string of the molecule is OC[C@H]1CCCN1c1nc(NCC(c2ccccc2)c2ccccc2)c2ncn([C@@H]3O[C@H](CO)[C@@H](O)[C@H]3O)c2n1. The molecule has 0 bridgehead atoms. The molecule has 5 N–H and O–H groups in total. The zero-order valence-corrected chi connectivity index (χ0v) is 22.0. The lowest BCUT2D eigenvalue weighted by Gasteiger charge is -2.25. The number of aliphatic hydroxyl groups excluding tert-OH is 4. The van der Waals surface area contributed by atoms with Crippen molar-refractivity contribution in [2.45, 2.75) is 49.3 Å². The molecule has 4 aromatic rings. The highest BCUT2D eigenvalue weighted by molar-refractivity contribution is 5.84. The normalized spacial score (nSPS) is 24.8. The van der Waals surface area contributed by atoms with Gasteiger partial charge in [0, 0.05) is 19.0 Å². The summed E-state index contributed by atoms with van der Waals surface area (Å²) >= 11 is 0. The zero-order valence-electron chi connectivity index (χ0n) is 22.0. The van der Waals surface area contributed by atoms with E-state index in [2.05, 4.69) is 34.6 Å². The van der Waals surface area contributed by atoms with Gasteiger partial charge in [0.2, 0.25) is 5.95 Å². The Balaban J connectivity index is 1.40. The van der Waals surface area contributed by atoms with E-state index in [4.69, 9.17) is 14.7 Å². The summed E-state index contributed by atoms with van der Waals surface area (Å²) < 4.78 is 7.36. The van der Waals surface area contributed by atoms with Crippen LogP contribution in [0.3, 0.4) is 0 Å². The van der Waals surface area contributed by atoms with Crippen molar-refractivity contribution < 1.29 is 25.2 Å². The molecule has 0 amide bonds. The number of aromatic nitrogens is 4. The number of fused-ring (bicyclic) bond motifs is 1. The molecule has 2 fully saturated rings. The summed E-state index contributed by atoms with van der Waals surface area (Å²) in [5, 5.41) is 44.2. The lowest BCUT2D eigenvalue weighted by molar-refractivity contribution is -0.0511. The first-order chi connectivity index (χ1) is 19.6. The number of hydrogen-bond acceptors (Lipinski definition) is 10. The van der Waals surface area contributed by atoms with Crippen LogP contribution in [0.1, 0.15) is 36.1 Å². The van der Waals surface area contributed by atoms with Gasteiger partial charge in [0.1, 0.15) is 18.3 Å². The Bertz CT molecular complexity index is 1380. The minimum Gasteiger partial charge on any atom is -0.394 e. The summed E-state index contributed by atoms with van der Waals surface area (Å²) in [4.78, 5) is 16.2. The minimum absolute atomic E-state index is 0.0116. The van der Waals surface area contributed by atoms with Crippen LogP contribution in [0.25, 0.3) is 11.2 Å². The number of imidazole rings is 1. The highest BCUT2D eigenvalue weighted by atomic mass is 16.6. The summed E-state index contributed by atoms with van der Waals surface area (Å²) in [6.07, 6.45) is -1.18. The first-order valence-corrected chi connectivity index (χ1v) is 13.7. The third kappa shape index (κ3) is 4.91. The average molecular weight is 547 g/mol. The monoisotopic (exact) mass is 546 g/mol. The minimum atomic E-state index is -1.28. The highest BCUT2D eigenvalue weighted by Gasteiger charge is 2.44. The topological polar surface area (TPSA) is 149 Å². The summed E-state index contributed by atoms with van der Waals surface area (Å²) in [6.45, 7) is 0.793. The van der Waals surface area contributed by atoms with E-state index in [9.17, 15) is 20.4 Å². The van der Waals surface area contributed by atoms with Gasteiger partial charge in [-0.3, -0.25) is 4.57 Å². The number of nitrogens with zero attached hydrogens (tertiary/aromatic N) is 5. The van der Waals surface area contributed by atoms with E-state index < -0.39 is 31.1 Å². The fraction of sp³-hybridized carbons (Fsp3) is 0.414. The Morgan fingerprint density at radius 2 is 1.62 bits per heavy atom. The number of benzene rings is 2. The molecule has 0 saturated carbocycles. The third-order valence-electron chi connectivity index (χ3n) is 7.92. The van der Waals surface area contributed by atoms with Crippen molar-refractivity contribution in [3.8, 4) is 0 Å². The second-order valence-electron chi connectivity index (χ2n) is 10.4. The molecule has 2 aromatic heterocycles. The molecule has 2 aromatic carbocycles. The Hall–Kier alpha value is -3.61. The van der Waals surface area contributed by atoms with Crippen LogP contribution in [-0.2, 0) is 4.74 Å². The summed E-state index contributed by atoms with van der Waals surface area (Å²) in [5.41, 5.74) is 3.22. The zero-order chi connectivity index (χ0) is 27.6. The average Bonchev–Trinajstić information content (AvgIpc) is 3.72. The summed E-state index contributed by atoms with van der Waals surface area (Å²) in [7, 11) is 0. The van der Waals surface area contributed by atoms with Crippen LogP contribution in [0, 0.1) is 0 Å². The van der Waals surface area contributed by atoms with Gasteiger partial charge in [-0.25, -0.2) is 4.98 Å². The second kappa shape index (κ2) is 11.5. The number of ether oxygens (including phenoxy) is 1. The predicted octanol–water partition coefficient (Wildman–Crippen LogP) is 1.64. The van der Waals surface area contributed by atoms with Crippen LogP contribution in [-0.4, -0.2) is 90.6 Å². The van der Waals surface area contributed by atoms with E-state index in [-0.39, 0.29) is 18.6 Å². The molecule has 4 heterocycles. The molecule has 0 radical (unpaired) electrons. The first kappa shape index (κ1) is 26.6. The molecule has 11 heteroatoms. The fourth-order valence-corrected chi connectivity index (χ4v) is 5.74. The Kier molecular flexibility index (Phi) is 7.63. The largest absolute Gasteiger partial charge is 0.394 e. The fourth-order valence-electron chi connectivity index (χ4n) is 5.74. The summed E-state index contributed by atoms with van der Waals surface area (Å²) in [5.74, 6) is 0.998. The maximum Gasteiger partial charge on any atom is 0.229 e. The molecule has 2 aliphatic rings. The molecule has 2 aliphatic heterocycles. The van der Waals surface area contributed by atoms with Gasteiger partial charge in [-0.15, -0.1) is 0 Å². The first-order valence-electron chi connectivity index (χ1n) is 13.7. The number of anilines is 2. The van der Waals surface area contributed by atoms with Crippen molar-refractivity contribution in [3.05, 3.63) is 78.1 Å². The van der Waals surface area contributed by atoms with Crippen molar-refractivity contribution in [1.29, 1.82) is 0 Å². The summed E-state index contributed by atoms with van der Waals surface area (Å²) in [6, 6.07) is 20.4. The molecule has 0 spiro atoms. The van der Waals surface area contributed by atoms with Gasteiger partial charge in [-0.05, 0) is 24.0 Å². The predicted molar refractivity (Wildman–Crippen MR) is 149 cm³/mol. The van der Waals surface area contributed by atoms with Crippen LogP contribution in [0.15, 0.2) is 67.0 Å². The molecule has 40 heavy (non-hydrogen) atoms. The van der Waals surface area contributed by atoms with Crippen LogP contribution in [0.5, 0.6) is 0 Å². The Morgan fingerprint density at radius 3 is 2.25 bits per heavy atom. The number of aliphatic hydroxyl groups is 4. The van der Waals surface area contributed by atoms with Crippen LogP contribution >= 0.6 is 0 Å². The third-order valence-corrected chi connectivity index (χ3v) is 7.92. The number of rotatable bonds is 9. The van der Waals surface area contributed by atoms with Gasteiger partial charge in [-0.2, -0.15) is 9.97 Å². The molecule has 2 saturated heterocycles. The smallest absolute Gasteiger partial charge is 0.229 e. The molecule has 0 unspecified atom stereocenters. The van der Waals surface area contributed by atoms with E-state index in [0.29, 0.717) is 36.0 Å². The Morgan fingerprint density at radius 1 is 0.925 bits per heavy atom. The maximum atomic E-state index is 10.7. The van der Waals surface area contributed by atoms with Crippen molar-refractivity contribution in [2.24, 2.45) is 0 Å². The van der Waals surface area contributed by atoms with Gasteiger partial charge in [0.25, 0.3) is 0 Å².